The summed E-state index contributed by atoms with van der Waals surface area (Å²) in [6.45, 7) is 13.0. The fraction of sp³-hybridized carbons (Fsp3) is 0.571. The Balaban J connectivity index is 2.92. The van der Waals surface area contributed by atoms with E-state index in [1.54, 1.807) is 12.1 Å². The molecule has 0 aliphatic carbocycles. The SMILES string of the molecule is CC(C)(C)[Si](NC(=O)c1ccc(N)nc1)C(C)(C)C. The monoisotopic (exact) mass is 278 g/mol. The minimum absolute atomic E-state index is 0.0637. The maximum Gasteiger partial charge on any atom is 0.244 e. The van der Waals surface area contributed by atoms with Crippen LogP contribution in [0.25, 0.3) is 0 Å². The molecule has 0 saturated carbocycles. The lowest BCUT2D eigenvalue weighted by Crippen LogP contribution is -2.51. The van der Waals surface area contributed by atoms with E-state index in [1.807, 2.05) is 0 Å². The number of rotatable bonds is 2. The van der Waals surface area contributed by atoms with Crippen molar-refractivity contribution in [2.45, 2.75) is 51.6 Å². The van der Waals surface area contributed by atoms with E-state index in [0.717, 1.165) is 0 Å². The molecule has 1 amide bonds. The number of nitrogens with two attached hydrogens (primary N) is 1. The number of nitrogen functional groups attached to an aromatic ring is 1. The quantitative estimate of drug-likeness (QED) is 0.817. The van der Waals surface area contributed by atoms with Gasteiger partial charge in [0.1, 0.15) is 5.82 Å². The number of amides is 1. The lowest BCUT2D eigenvalue weighted by molar-refractivity contribution is 0.0976. The zero-order valence-corrected chi connectivity index (χ0v) is 13.7. The molecule has 1 radical (unpaired) electrons. The van der Waals surface area contributed by atoms with Gasteiger partial charge in [0.25, 0.3) is 0 Å². The number of nitrogens with zero attached hydrogens (tertiary/aromatic N) is 1. The Labute approximate surface area is 117 Å². The maximum atomic E-state index is 12.3. The van der Waals surface area contributed by atoms with Gasteiger partial charge in [-0.25, -0.2) is 4.98 Å². The minimum Gasteiger partial charge on any atom is -0.384 e. The molecule has 1 aromatic heterocycles. The van der Waals surface area contributed by atoms with Gasteiger partial charge in [-0.3, -0.25) is 4.79 Å². The summed E-state index contributed by atoms with van der Waals surface area (Å²) in [5.41, 5.74) is 6.09. The van der Waals surface area contributed by atoms with Crippen LogP contribution in [0.15, 0.2) is 18.3 Å². The van der Waals surface area contributed by atoms with Crippen LogP contribution in [-0.2, 0) is 0 Å². The predicted octanol–water partition coefficient (Wildman–Crippen LogP) is 2.99. The standard InChI is InChI=1S/C14H24N3OSi/c1-13(2,3)19(14(4,5)6)17-12(18)10-7-8-11(15)16-9-10/h7-9H,1-6H3,(H2,15,16)(H,17,18). The average Bonchev–Trinajstić information content (AvgIpc) is 2.23. The molecule has 0 unspecified atom stereocenters. The molecule has 1 heterocycles. The zero-order chi connectivity index (χ0) is 14.8. The van der Waals surface area contributed by atoms with E-state index in [4.69, 9.17) is 5.73 Å². The molecule has 1 rings (SSSR count). The number of nitrogens with one attached hydrogen (secondary N) is 1. The highest BCUT2D eigenvalue weighted by atomic mass is 28.3. The van der Waals surface area contributed by atoms with Gasteiger partial charge in [0.15, 0.2) is 8.96 Å². The number of pyridine rings is 1. The molecule has 0 aromatic carbocycles. The van der Waals surface area contributed by atoms with E-state index in [1.165, 1.54) is 6.20 Å². The molecule has 0 aliphatic rings. The summed E-state index contributed by atoms with van der Waals surface area (Å²) in [5, 5.41) is 0.166. The van der Waals surface area contributed by atoms with Crippen molar-refractivity contribution >= 4 is 20.7 Å². The largest absolute Gasteiger partial charge is 0.384 e. The summed E-state index contributed by atoms with van der Waals surface area (Å²) in [6.07, 6.45) is 1.52. The third-order valence-corrected chi connectivity index (χ3v) is 6.26. The van der Waals surface area contributed by atoms with E-state index >= 15 is 0 Å². The molecule has 4 nitrogen and oxygen atoms in total. The summed E-state index contributed by atoms with van der Waals surface area (Å²) >= 11 is 0. The Morgan fingerprint density at radius 1 is 1.16 bits per heavy atom. The van der Waals surface area contributed by atoms with E-state index in [-0.39, 0.29) is 16.0 Å². The highest BCUT2D eigenvalue weighted by Crippen LogP contribution is 2.40. The van der Waals surface area contributed by atoms with Gasteiger partial charge in [-0.1, -0.05) is 41.5 Å². The lowest BCUT2D eigenvalue weighted by Gasteiger charge is -2.38. The number of carbonyl (C=O) groups is 1. The summed E-state index contributed by atoms with van der Waals surface area (Å²) in [5.74, 6) is 0.361. The molecule has 105 valence electrons. The first-order valence-corrected chi connectivity index (χ1v) is 7.92. The van der Waals surface area contributed by atoms with Crippen LogP contribution < -0.4 is 10.7 Å². The van der Waals surface area contributed by atoms with Gasteiger partial charge < -0.3 is 10.7 Å². The van der Waals surface area contributed by atoms with Crippen molar-refractivity contribution in [2.75, 3.05) is 5.73 Å². The van der Waals surface area contributed by atoms with Crippen LogP contribution in [0.2, 0.25) is 10.1 Å². The van der Waals surface area contributed by atoms with Gasteiger partial charge in [0.05, 0.1) is 5.56 Å². The van der Waals surface area contributed by atoms with Gasteiger partial charge in [0.2, 0.25) is 5.91 Å². The van der Waals surface area contributed by atoms with Crippen molar-refractivity contribution in [3.63, 3.8) is 0 Å². The van der Waals surface area contributed by atoms with Crippen molar-refractivity contribution in [1.82, 2.24) is 9.97 Å². The number of hydrogen-bond donors (Lipinski definition) is 2. The van der Waals surface area contributed by atoms with Gasteiger partial charge in [-0.2, -0.15) is 0 Å². The van der Waals surface area contributed by atoms with Crippen LogP contribution in [0.4, 0.5) is 5.82 Å². The zero-order valence-electron chi connectivity index (χ0n) is 12.7. The number of hydrogen-bond acceptors (Lipinski definition) is 3. The topological polar surface area (TPSA) is 68.0 Å². The van der Waals surface area contributed by atoms with E-state index in [9.17, 15) is 4.79 Å². The lowest BCUT2D eigenvalue weighted by atomic mass is 10.2. The predicted molar refractivity (Wildman–Crippen MR) is 81.3 cm³/mol. The second kappa shape index (κ2) is 5.33. The molecule has 1 aromatic rings. The minimum atomic E-state index is -1.09. The van der Waals surface area contributed by atoms with Crippen LogP contribution in [0, 0.1) is 0 Å². The Kier molecular flexibility index (Phi) is 4.40. The van der Waals surface area contributed by atoms with Crippen LogP contribution in [0.5, 0.6) is 0 Å². The fourth-order valence-corrected chi connectivity index (χ4v) is 5.60. The summed E-state index contributed by atoms with van der Waals surface area (Å²) in [6, 6.07) is 3.36. The molecule has 0 bridgehead atoms. The summed E-state index contributed by atoms with van der Waals surface area (Å²) in [7, 11) is -1.09. The maximum absolute atomic E-state index is 12.3. The normalized spacial score (nSPS) is 12.6. The molecule has 0 saturated heterocycles. The number of anilines is 1. The molecule has 0 spiro atoms. The third-order valence-electron chi connectivity index (χ3n) is 2.79. The van der Waals surface area contributed by atoms with E-state index < -0.39 is 8.96 Å². The Morgan fingerprint density at radius 3 is 2.05 bits per heavy atom. The molecule has 0 atom stereocenters. The molecule has 0 aliphatic heterocycles. The smallest absolute Gasteiger partial charge is 0.244 e. The molecule has 3 N–H and O–H groups in total. The molecular formula is C14H24N3OSi. The number of aromatic nitrogens is 1. The molecule has 19 heavy (non-hydrogen) atoms. The first-order chi connectivity index (χ1) is 8.51. The van der Waals surface area contributed by atoms with Crippen LogP contribution >= 0.6 is 0 Å². The molecule has 0 fully saturated rings. The average molecular weight is 278 g/mol. The third kappa shape index (κ3) is 4.35. The van der Waals surface area contributed by atoms with Gasteiger partial charge in [-0.15, -0.1) is 0 Å². The second-order valence-corrected chi connectivity index (χ2v) is 10.8. The fourth-order valence-electron chi connectivity index (χ4n) is 2.23. The van der Waals surface area contributed by atoms with Crippen LogP contribution in [-0.4, -0.2) is 19.8 Å². The van der Waals surface area contributed by atoms with E-state index in [0.29, 0.717) is 11.4 Å². The molecular weight excluding hydrogens is 254 g/mol. The van der Waals surface area contributed by atoms with Crippen molar-refractivity contribution in [1.29, 1.82) is 0 Å². The first-order valence-electron chi connectivity index (χ1n) is 6.42. The first kappa shape index (κ1) is 15.7. The number of carbonyl (C=O) groups excluding carboxylic acids is 1. The van der Waals surface area contributed by atoms with Crippen molar-refractivity contribution in [2.24, 2.45) is 0 Å². The van der Waals surface area contributed by atoms with Gasteiger partial charge in [0, 0.05) is 6.20 Å². The van der Waals surface area contributed by atoms with E-state index in [2.05, 4.69) is 51.5 Å². The Morgan fingerprint density at radius 2 is 1.68 bits per heavy atom. The highest BCUT2D eigenvalue weighted by molar-refractivity contribution is 6.65. The van der Waals surface area contributed by atoms with Crippen LogP contribution in [0.1, 0.15) is 51.9 Å². The van der Waals surface area contributed by atoms with Crippen molar-refractivity contribution in [3.8, 4) is 0 Å². The summed E-state index contributed by atoms with van der Waals surface area (Å²) in [4.78, 5) is 19.5. The highest BCUT2D eigenvalue weighted by Gasteiger charge is 2.39. The molecule has 5 heteroatoms. The Bertz CT molecular complexity index is 429. The van der Waals surface area contributed by atoms with Gasteiger partial charge >= 0.3 is 0 Å². The van der Waals surface area contributed by atoms with Crippen molar-refractivity contribution < 1.29 is 4.79 Å². The Hall–Kier alpha value is -1.36. The summed E-state index contributed by atoms with van der Waals surface area (Å²) < 4.78 is 0. The van der Waals surface area contributed by atoms with Crippen LogP contribution in [0.3, 0.4) is 0 Å². The van der Waals surface area contributed by atoms with Crippen molar-refractivity contribution in [3.05, 3.63) is 23.9 Å². The second-order valence-electron chi connectivity index (χ2n) is 6.80. The van der Waals surface area contributed by atoms with Gasteiger partial charge in [-0.05, 0) is 22.2 Å².